The van der Waals surface area contributed by atoms with Gasteiger partial charge in [-0.1, -0.05) is 12.6 Å². The van der Waals surface area contributed by atoms with Gasteiger partial charge in [0.25, 0.3) is 5.91 Å². The number of hydrogen-bond acceptors (Lipinski definition) is 6. The number of nitrogens with one attached hydrogen (secondary N) is 1. The third-order valence-electron chi connectivity index (χ3n) is 7.58. The van der Waals surface area contributed by atoms with Gasteiger partial charge in [0.2, 0.25) is 11.9 Å². The fourth-order valence-electron chi connectivity index (χ4n) is 5.62. The van der Waals surface area contributed by atoms with E-state index in [1.807, 2.05) is 11.8 Å². The molecule has 0 saturated carbocycles. The molecule has 2 fully saturated rings. The van der Waals surface area contributed by atoms with E-state index in [2.05, 4.69) is 45.4 Å². The summed E-state index contributed by atoms with van der Waals surface area (Å²) in [7, 11) is 1.76. The first-order valence-electron chi connectivity index (χ1n) is 13.3. The third-order valence-corrected chi connectivity index (χ3v) is 7.58. The lowest BCUT2D eigenvalue weighted by atomic mass is 10.1. The van der Waals surface area contributed by atoms with Crippen molar-refractivity contribution in [2.75, 3.05) is 38.6 Å². The van der Waals surface area contributed by atoms with Crippen molar-refractivity contribution in [3.05, 3.63) is 65.5 Å². The number of carbonyl (C=O) groups excluding carboxylic acids is 2. The number of aryl methyl sites for hydroxylation is 2. The van der Waals surface area contributed by atoms with Crippen molar-refractivity contribution in [2.24, 2.45) is 0 Å². The van der Waals surface area contributed by atoms with Gasteiger partial charge in [-0.15, -0.1) is 0 Å². The van der Waals surface area contributed by atoms with Crippen LogP contribution in [0.4, 0.5) is 5.95 Å². The summed E-state index contributed by atoms with van der Waals surface area (Å²) in [4.78, 5) is 39.2. The van der Waals surface area contributed by atoms with Gasteiger partial charge in [0.1, 0.15) is 0 Å². The first-order valence-corrected chi connectivity index (χ1v) is 13.3. The molecule has 1 N–H and O–H groups in total. The number of amides is 2. The van der Waals surface area contributed by atoms with E-state index >= 15 is 0 Å². The second kappa shape index (κ2) is 11.0. The molecule has 4 heterocycles. The van der Waals surface area contributed by atoms with Crippen molar-refractivity contribution in [3.63, 3.8) is 0 Å². The maximum atomic E-state index is 13.3. The molecule has 2 aliphatic heterocycles. The quantitative estimate of drug-likeness (QED) is 0.480. The van der Waals surface area contributed by atoms with Crippen LogP contribution >= 0.6 is 0 Å². The molecule has 1 atom stereocenters. The molecule has 0 aliphatic carbocycles. The number of imidazole rings is 1. The molecule has 2 aromatic heterocycles. The van der Waals surface area contributed by atoms with Crippen molar-refractivity contribution in [3.8, 4) is 0 Å². The number of fused-ring (bicyclic) bond motifs is 1. The van der Waals surface area contributed by atoms with Crippen LogP contribution in [0.5, 0.6) is 0 Å². The highest BCUT2D eigenvalue weighted by Crippen LogP contribution is 2.33. The molecule has 3 aromatic rings. The van der Waals surface area contributed by atoms with E-state index in [1.54, 1.807) is 25.4 Å². The minimum Gasteiger partial charge on any atom is -0.379 e. The van der Waals surface area contributed by atoms with Crippen LogP contribution in [-0.2, 0) is 16.1 Å². The van der Waals surface area contributed by atoms with E-state index < -0.39 is 0 Å². The monoisotopic (exact) mass is 516 g/mol. The summed E-state index contributed by atoms with van der Waals surface area (Å²) in [6, 6.07) is 7.77. The number of pyridine rings is 1. The van der Waals surface area contributed by atoms with Gasteiger partial charge >= 0.3 is 0 Å². The van der Waals surface area contributed by atoms with Crippen molar-refractivity contribution >= 4 is 28.8 Å². The van der Waals surface area contributed by atoms with Gasteiger partial charge in [-0.25, -0.2) is 4.98 Å². The number of ether oxygens (including phenoxy) is 1. The second-order valence-corrected chi connectivity index (χ2v) is 10.4. The molecular weight excluding hydrogens is 480 g/mol. The zero-order valence-electron chi connectivity index (χ0n) is 22.4. The maximum absolute atomic E-state index is 13.3. The molecule has 2 aliphatic rings. The summed E-state index contributed by atoms with van der Waals surface area (Å²) in [5, 5.41) is 3.08. The van der Waals surface area contributed by atoms with E-state index in [1.165, 1.54) is 11.6 Å². The topological polar surface area (TPSA) is 92.6 Å². The summed E-state index contributed by atoms with van der Waals surface area (Å²) < 4.78 is 7.56. The normalized spacial score (nSPS) is 18.7. The number of anilines is 1. The minimum atomic E-state index is -0.233. The number of likely N-dealkylation sites (tertiary alicyclic amines) is 2. The van der Waals surface area contributed by atoms with Crippen LogP contribution in [0.25, 0.3) is 11.0 Å². The maximum Gasteiger partial charge on any atom is 0.258 e. The van der Waals surface area contributed by atoms with E-state index in [4.69, 9.17) is 9.72 Å². The number of aromatic nitrogens is 3. The average molecular weight is 517 g/mol. The Morgan fingerprint density at radius 1 is 1.18 bits per heavy atom. The Bertz CT molecular complexity index is 1360. The van der Waals surface area contributed by atoms with Gasteiger partial charge in [0.15, 0.2) is 0 Å². The van der Waals surface area contributed by atoms with E-state index in [0.717, 1.165) is 61.2 Å². The zero-order chi connectivity index (χ0) is 26.8. The van der Waals surface area contributed by atoms with Gasteiger partial charge in [-0.05, 0) is 68.5 Å². The Labute approximate surface area is 223 Å². The van der Waals surface area contributed by atoms with Crippen LogP contribution in [0.3, 0.4) is 0 Å². The van der Waals surface area contributed by atoms with Crippen LogP contribution < -0.4 is 5.32 Å². The third kappa shape index (κ3) is 5.35. The van der Waals surface area contributed by atoms with Crippen LogP contribution in [-0.4, -0.2) is 75.5 Å². The smallest absolute Gasteiger partial charge is 0.258 e. The molecule has 0 radical (unpaired) electrons. The first kappa shape index (κ1) is 26.1. The molecule has 2 saturated heterocycles. The Hall–Kier alpha value is -3.56. The molecule has 0 bridgehead atoms. The Morgan fingerprint density at radius 3 is 2.74 bits per heavy atom. The van der Waals surface area contributed by atoms with Crippen molar-refractivity contribution in [2.45, 2.75) is 51.8 Å². The van der Waals surface area contributed by atoms with Gasteiger partial charge in [0.05, 0.1) is 23.2 Å². The van der Waals surface area contributed by atoms with Crippen molar-refractivity contribution in [1.82, 2.24) is 24.3 Å². The largest absolute Gasteiger partial charge is 0.379 e. The number of hydrogen-bond donors (Lipinski definition) is 1. The van der Waals surface area contributed by atoms with Gasteiger partial charge in [-0.2, -0.15) is 0 Å². The predicted octanol–water partition coefficient (Wildman–Crippen LogP) is 3.87. The number of benzene rings is 1. The summed E-state index contributed by atoms with van der Waals surface area (Å²) in [6.45, 7) is 11.6. The van der Waals surface area contributed by atoms with Crippen LogP contribution in [0, 0.1) is 13.8 Å². The molecule has 1 unspecified atom stereocenters. The Balaban J connectivity index is 1.53. The molecule has 9 nitrogen and oxygen atoms in total. The lowest BCUT2D eigenvalue weighted by Crippen LogP contribution is -2.50. The van der Waals surface area contributed by atoms with Crippen molar-refractivity contribution < 1.29 is 14.3 Å². The average Bonchev–Trinajstić information content (AvgIpc) is 3.06. The summed E-state index contributed by atoms with van der Waals surface area (Å²) in [6.07, 6.45) is 6.12. The molecular formula is C29H36N6O3. The highest BCUT2D eigenvalue weighted by Gasteiger charge is 2.29. The Morgan fingerprint density at radius 2 is 2.00 bits per heavy atom. The van der Waals surface area contributed by atoms with E-state index in [9.17, 15) is 9.59 Å². The summed E-state index contributed by atoms with van der Waals surface area (Å²) in [5.74, 6) is 0.201. The highest BCUT2D eigenvalue weighted by atomic mass is 16.5. The molecule has 1 aromatic carbocycles. The minimum absolute atomic E-state index is 0.0248. The van der Waals surface area contributed by atoms with E-state index in [-0.39, 0.29) is 17.9 Å². The van der Waals surface area contributed by atoms with Crippen LogP contribution in [0.15, 0.2) is 43.1 Å². The summed E-state index contributed by atoms with van der Waals surface area (Å²) >= 11 is 0. The molecule has 0 spiro atoms. The molecule has 38 heavy (non-hydrogen) atoms. The summed E-state index contributed by atoms with van der Waals surface area (Å²) in [5.41, 5.74) is 5.42. The molecule has 5 rings (SSSR count). The number of carbonyl (C=O) groups is 2. The molecule has 2 amide bonds. The van der Waals surface area contributed by atoms with Crippen LogP contribution in [0.2, 0.25) is 0 Å². The highest BCUT2D eigenvalue weighted by molar-refractivity contribution is 6.04. The SMILES string of the molecule is C=CC(=O)N1CCCCC(n2c(NC(=O)c3ccnc(C)c3)nc3cc(CN4CC(OC)C4)cc(C)c32)C1. The Kier molecular flexibility index (Phi) is 7.58. The zero-order valence-corrected chi connectivity index (χ0v) is 22.4. The van der Waals surface area contributed by atoms with Gasteiger partial charge in [0, 0.05) is 57.3 Å². The van der Waals surface area contributed by atoms with Gasteiger partial charge in [-0.3, -0.25) is 24.8 Å². The second-order valence-electron chi connectivity index (χ2n) is 10.4. The van der Waals surface area contributed by atoms with E-state index in [0.29, 0.717) is 30.7 Å². The number of nitrogens with zero attached hydrogens (tertiary/aromatic N) is 5. The fraction of sp³-hybridized carbons (Fsp3) is 0.448. The lowest BCUT2D eigenvalue weighted by Gasteiger charge is -2.38. The lowest BCUT2D eigenvalue weighted by molar-refractivity contribution is -0.126. The number of rotatable bonds is 7. The van der Waals surface area contributed by atoms with Crippen molar-refractivity contribution in [1.29, 1.82) is 0 Å². The molecule has 200 valence electrons. The number of methoxy groups -OCH3 is 1. The van der Waals surface area contributed by atoms with Gasteiger partial charge < -0.3 is 14.2 Å². The molecule has 9 heteroatoms. The van der Waals surface area contributed by atoms with Crippen LogP contribution in [0.1, 0.15) is 52.5 Å². The predicted molar refractivity (Wildman–Crippen MR) is 147 cm³/mol. The fourth-order valence-corrected chi connectivity index (χ4v) is 5.62. The first-order chi connectivity index (χ1) is 18.4. The standard InChI is InChI=1S/C29H36N6O3/c1-5-26(36)34-11-7-6-8-23(16-34)35-27-19(2)12-21(15-33-17-24(18-33)38-4)14-25(27)31-29(35)32-28(37)22-9-10-30-20(3)13-22/h5,9-10,12-14,23-24H,1,6-8,11,15-18H2,2-4H3,(H,31,32,37).